The second kappa shape index (κ2) is 4.66. The van der Waals surface area contributed by atoms with Gasteiger partial charge in [0.1, 0.15) is 11.7 Å². The maximum Gasteiger partial charge on any atom is 0.359 e. The van der Waals surface area contributed by atoms with E-state index in [1.54, 1.807) is 18.2 Å². The predicted molar refractivity (Wildman–Crippen MR) is 66.1 cm³/mol. The third-order valence-electron chi connectivity index (χ3n) is 2.91. The number of benzene rings is 1. The van der Waals surface area contributed by atoms with Crippen molar-refractivity contribution in [3.05, 3.63) is 70.0 Å². The summed E-state index contributed by atoms with van der Waals surface area (Å²) in [6, 6.07) is 7.97. The van der Waals surface area contributed by atoms with Crippen molar-refractivity contribution < 1.29 is 19.9 Å². The Hall–Kier alpha value is -2.47. The van der Waals surface area contributed by atoms with E-state index >= 15 is 0 Å². The number of allylic oxidation sites excluding steroid dienone is 1. The van der Waals surface area contributed by atoms with Crippen molar-refractivity contribution in [2.45, 2.75) is 5.72 Å². The van der Waals surface area contributed by atoms with Crippen LogP contribution in [0.1, 0.15) is 10.4 Å². The number of carbonyl (C=O) groups excluding carboxylic acids is 1. The van der Waals surface area contributed by atoms with Crippen molar-refractivity contribution in [3.63, 3.8) is 0 Å². The van der Waals surface area contributed by atoms with Crippen LogP contribution in [0, 0.1) is 16.0 Å². The summed E-state index contributed by atoms with van der Waals surface area (Å²) in [5.74, 6) is -2.41. The van der Waals surface area contributed by atoms with Crippen LogP contribution in [0.2, 0.25) is 0 Å². The highest BCUT2D eigenvalue weighted by Gasteiger charge is 2.51. The first-order valence-corrected chi connectivity index (χ1v) is 5.51. The highest BCUT2D eigenvalue weighted by Crippen LogP contribution is 2.30. The summed E-state index contributed by atoms with van der Waals surface area (Å²) in [7, 11) is 0. The van der Waals surface area contributed by atoms with Gasteiger partial charge in [0, 0.05) is 5.56 Å². The van der Waals surface area contributed by atoms with Crippen LogP contribution in [-0.4, -0.2) is 26.6 Å². The lowest BCUT2D eigenvalue weighted by atomic mass is 9.84. The monoisotopic (exact) mass is 261 g/mol. The number of ketones is 1. The van der Waals surface area contributed by atoms with Crippen LogP contribution in [0.25, 0.3) is 0 Å². The van der Waals surface area contributed by atoms with E-state index in [9.17, 15) is 25.1 Å². The minimum atomic E-state index is -2.63. The number of aliphatic hydroxyl groups is 2. The Morgan fingerprint density at radius 2 is 1.95 bits per heavy atom. The number of Topliss-reactive ketones (excluding diaryl/α,β-unsaturated/α-hetero) is 1. The van der Waals surface area contributed by atoms with Gasteiger partial charge in [-0.25, -0.2) is 0 Å². The molecule has 0 saturated carbocycles. The molecular weight excluding hydrogens is 250 g/mol. The molecule has 1 aromatic rings. The summed E-state index contributed by atoms with van der Waals surface area (Å²) in [6.45, 7) is 0. The summed E-state index contributed by atoms with van der Waals surface area (Å²) in [4.78, 5) is 22.2. The van der Waals surface area contributed by atoms with Crippen LogP contribution in [0.5, 0.6) is 0 Å². The minimum absolute atomic E-state index is 0.257. The molecule has 0 radical (unpaired) electrons. The van der Waals surface area contributed by atoms with E-state index in [1.807, 2.05) is 0 Å². The normalized spacial score (nSPS) is 25.7. The van der Waals surface area contributed by atoms with E-state index in [2.05, 4.69) is 0 Å². The van der Waals surface area contributed by atoms with Crippen molar-refractivity contribution in [2.24, 2.45) is 5.92 Å². The van der Waals surface area contributed by atoms with Gasteiger partial charge in [-0.1, -0.05) is 36.4 Å². The van der Waals surface area contributed by atoms with Gasteiger partial charge >= 0.3 is 5.72 Å². The Labute approximate surface area is 108 Å². The van der Waals surface area contributed by atoms with Gasteiger partial charge in [0.25, 0.3) is 0 Å². The van der Waals surface area contributed by atoms with Gasteiger partial charge in [-0.05, 0) is 6.08 Å². The van der Waals surface area contributed by atoms with Gasteiger partial charge in [0.15, 0.2) is 5.78 Å². The lowest BCUT2D eigenvalue weighted by Crippen LogP contribution is -2.48. The SMILES string of the molecule is O=C(c1ccccc1)C1C=CC(O)=CC1(O)[N+](=O)[O-]. The van der Waals surface area contributed by atoms with E-state index < -0.39 is 28.1 Å². The smallest absolute Gasteiger partial charge is 0.359 e. The number of nitrogens with zero attached hydrogens (tertiary/aromatic N) is 1. The zero-order chi connectivity index (χ0) is 14.0. The standard InChI is InChI=1S/C13H11NO5/c15-10-6-7-11(13(17,8-10)14(18)19)12(16)9-4-2-1-3-5-9/h1-8,11,15,17H. The fourth-order valence-corrected chi connectivity index (χ4v) is 1.92. The first kappa shape index (κ1) is 13.0. The van der Waals surface area contributed by atoms with E-state index in [0.29, 0.717) is 6.08 Å². The highest BCUT2D eigenvalue weighted by molar-refractivity contribution is 5.99. The molecule has 2 atom stereocenters. The Bertz CT molecular complexity index is 578. The molecule has 0 bridgehead atoms. The minimum Gasteiger partial charge on any atom is -0.508 e. The van der Waals surface area contributed by atoms with E-state index in [4.69, 9.17) is 0 Å². The third-order valence-corrected chi connectivity index (χ3v) is 2.91. The molecule has 0 aromatic heterocycles. The molecule has 0 aliphatic heterocycles. The van der Waals surface area contributed by atoms with Crippen molar-refractivity contribution in [3.8, 4) is 0 Å². The number of aliphatic hydroxyl groups excluding tert-OH is 1. The summed E-state index contributed by atoms with van der Waals surface area (Å²) in [6.07, 6.45) is 2.95. The molecule has 0 spiro atoms. The van der Waals surface area contributed by atoms with Crippen LogP contribution in [-0.2, 0) is 0 Å². The van der Waals surface area contributed by atoms with E-state index in [1.165, 1.54) is 12.1 Å². The van der Waals surface area contributed by atoms with Crippen molar-refractivity contribution in [1.82, 2.24) is 0 Å². The van der Waals surface area contributed by atoms with Gasteiger partial charge < -0.3 is 10.2 Å². The lowest BCUT2D eigenvalue weighted by molar-refractivity contribution is -0.613. The van der Waals surface area contributed by atoms with Gasteiger partial charge in [0.05, 0.1) is 11.0 Å². The molecule has 2 rings (SSSR count). The fraction of sp³-hybridized carbons (Fsp3) is 0.154. The lowest BCUT2D eigenvalue weighted by Gasteiger charge is -2.24. The third kappa shape index (κ3) is 2.25. The zero-order valence-electron chi connectivity index (χ0n) is 9.76. The number of hydrogen-bond acceptors (Lipinski definition) is 5. The summed E-state index contributed by atoms with van der Waals surface area (Å²) < 4.78 is 0. The quantitative estimate of drug-likeness (QED) is 0.371. The molecule has 0 heterocycles. The first-order chi connectivity index (χ1) is 8.95. The molecule has 1 aromatic carbocycles. The molecule has 1 aliphatic carbocycles. The molecule has 0 fully saturated rings. The van der Waals surface area contributed by atoms with Gasteiger partial charge in [0.2, 0.25) is 0 Å². The maximum absolute atomic E-state index is 12.2. The topological polar surface area (TPSA) is 101 Å². The maximum atomic E-state index is 12.2. The molecule has 6 nitrogen and oxygen atoms in total. The predicted octanol–water partition coefficient (Wildman–Crippen LogP) is 1.46. The fourth-order valence-electron chi connectivity index (χ4n) is 1.92. The second-order valence-corrected chi connectivity index (χ2v) is 4.18. The summed E-state index contributed by atoms with van der Waals surface area (Å²) in [5.41, 5.74) is -2.38. The Morgan fingerprint density at radius 3 is 2.53 bits per heavy atom. The molecule has 2 N–H and O–H groups in total. The zero-order valence-corrected chi connectivity index (χ0v) is 9.76. The molecule has 0 saturated heterocycles. The average molecular weight is 261 g/mol. The second-order valence-electron chi connectivity index (χ2n) is 4.18. The number of nitro groups is 1. The van der Waals surface area contributed by atoms with Gasteiger partial charge in [-0.3, -0.25) is 14.9 Å². The Kier molecular flexibility index (Phi) is 3.18. The molecule has 19 heavy (non-hydrogen) atoms. The molecule has 98 valence electrons. The van der Waals surface area contributed by atoms with Crippen molar-refractivity contribution >= 4 is 5.78 Å². The number of carbonyl (C=O) groups is 1. The first-order valence-electron chi connectivity index (χ1n) is 5.51. The highest BCUT2D eigenvalue weighted by atomic mass is 16.7. The molecule has 0 amide bonds. The van der Waals surface area contributed by atoms with Crippen LogP contribution >= 0.6 is 0 Å². The van der Waals surface area contributed by atoms with Crippen molar-refractivity contribution in [1.29, 1.82) is 0 Å². The molecule has 6 heteroatoms. The number of hydrogen-bond donors (Lipinski definition) is 2. The van der Waals surface area contributed by atoms with E-state index in [-0.39, 0.29) is 5.56 Å². The Morgan fingerprint density at radius 1 is 1.32 bits per heavy atom. The van der Waals surface area contributed by atoms with Crippen LogP contribution in [0.4, 0.5) is 0 Å². The van der Waals surface area contributed by atoms with Crippen LogP contribution < -0.4 is 0 Å². The number of rotatable bonds is 3. The molecule has 1 aliphatic rings. The van der Waals surface area contributed by atoms with Gasteiger partial charge in [-0.15, -0.1) is 0 Å². The van der Waals surface area contributed by atoms with Crippen molar-refractivity contribution in [2.75, 3.05) is 0 Å². The average Bonchev–Trinajstić information content (AvgIpc) is 2.39. The summed E-state index contributed by atoms with van der Waals surface area (Å²) >= 11 is 0. The summed E-state index contributed by atoms with van der Waals surface area (Å²) in [5, 5.41) is 30.2. The molecule has 2 unspecified atom stereocenters. The van der Waals surface area contributed by atoms with Gasteiger partial charge in [-0.2, -0.15) is 0 Å². The molecular formula is C13H11NO5. The Balaban J connectivity index is 2.42. The largest absolute Gasteiger partial charge is 0.508 e. The van der Waals surface area contributed by atoms with E-state index in [0.717, 1.165) is 12.2 Å². The van der Waals surface area contributed by atoms with Crippen LogP contribution in [0.3, 0.4) is 0 Å². The van der Waals surface area contributed by atoms with Crippen LogP contribution in [0.15, 0.2) is 54.3 Å².